The first kappa shape index (κ1) is 20.3. The van der Waals surface area contributed by atoms with Gasteiger partial charge >= 0.3 is 11.9 Å². The smallest absolute Gasteiger partial charge is 0.351 e. The van der Waals surface area contributed by atoms with Crippen molar-refractivity contribution in [1.29, 1.82) is 0 Å². The molecule has 0 bridgehead atoms. The van der Waals surface area contributed by atoms with Crippen LogP contribution in [0.5, 0.6) is 17.2 Å². The van der Waals surface area contributed by atoms with E-state index in [0.29, 0.717) is 22.8 Å². The van der Waals surface area contributed by atoms with E-state index >= 15 is 0 Å². The number of hydrogen-bond donors (Lipinski definition) is 0. The molecule has 1 aliphatic rings. The van der Waals surface area contributed by atoms with Crippen molar-refractivity contribution in [3.05, 3.63) is 17.7 Å². The van der Waals surface area contributed by atoms with Crippen LogP contribution in [-0.4, -0.2) is 58.3 Å². The predicted octanol–water partition coefficient (Wildman–Crippen LogP) is 1.56. The van der Waals surface area contributed by atoms with Gasteiger partial charge in [0.25, 0.3) is 0 Å². The van der Waals surface area contributed by atoms with Crippen LogP contribution in [0.3, 0.4) is 0 Å². The second-order valence-corrected chi connectivity index (χ2v) is 5.39. The zero-order chi connectivity index (χ0) is 20.0. The summed E-state index contributed by atoms with van der Waals surface area (Å²) in [5, 5.41) is 3.96. The molecule has 0 fully saturated rings. The topological polar surface area (TPSA) is 102 Å². The number of rotatable bonds is 8. The Kier molecular flexibility index (Phi) is 6.86. The molecule has 0 unspecified atom stereocenters. The number of carbonyl (C=O) groups is 2. The van der Waals surface area contributed by atoms with E-state index in [2.05, 4.69) is 5.16 Å². The van der Waals surface area contributed by atoms with Gasteiger partial charge in [-0.2, -0.15) is 0 Å². The van der Waals surface area contributed by atoms with E-state index in [9.17, 15) is 9.59 Å². The average molecular weight is 381 g/mol. The van der Waals surface area contributed by atoms with Crippen LogP contribution in [0.4, 0.5) is 0 Å². The van der Waals surface area contributed by atoms with E-state index in [-0.39, 0.29) is 18.9 Å². The van der Waals surface area contributed by atoms with Crippen LogP contribution < -0.4 is 14.2 Å². The molecule has 0 amide bonds. The normalized spacial score (nSPS) is 18.2. The van der Waals surface area contributed by atoms with Gasteiger partial charge in [-0.3, -0.25) is 4.79 Å². The lowest BCUT2D eigenvalue weighted by Crippen LogP contribution is -2.39. The monoisotopic (exact) mass is 381 g/mol. The molecule has 0 saturated carbocycles. The molecular weight excluding hydrogens is 358 g/mol. The molecule has 9 nitrogen and oxygen atoms in total. The van der Waals surface area contributed by atoms with E-state index in [4.69, 9.17) is 28.5 Å². The number of carbonyl (C=O) groups excluding carboxylic acids is 2. The van der Waals surface area contributed by atoms with Gasteiger partial charge in [0, 0.05) is 12.1 Å². The van der Waals surface area contributed by atoms with Crippen LogP contribution >= 0.6 is 0 Å². The minimum absolute atomic E-state index is 0.134. The molecule has 9 heteroatoms. The number of oxime groups is 1. The molecule has 2 atom stereocenters. The van der Waals surface area contributed by atoms with Crippen molar-refractivity contribution in [3.63, 3.8) is 0 Å². The summed E-state index contributed by atoms with van der Waals surface area (Å²) in [6.45, 7) is 3.59. The first-order chi connectivity index (χ1) is 13.0. The number of methoxy groups -OCH3 is 3. The Morgan fingerprint density at radius 2 is 1.52 bits per heavy atom. The molecule has 0 aliphatic carbocycles. The number of benzene rings is 1. The van der Waals surface area contributed by atoms with Crippen LogP contribution in [0, 0.1) is 5.92 Å². The molecule has 148 valence electrons. The summed E-state index contributed by atoms with van der Waals surface area (Å²) in [5.74, 6) is -1.33. The first-order valence-corrected chi connectivity index (χ1v) is 8.39. The largest absolute Gasteiger partial charge is 0.496 e. The summed E-state index contributed by atoms with van der Waals surface area (Å²) in [6.07, 6.45) is -1.25. The van der Waals surface area contributed by atoms with Crippen molar-refractivity contribution in [3.8, 4) is 17.2 Å². The molecule has 1 aromatic rings. The zero-order valence-electron chi connectivity index (χ0n) is 15.9. The summed E-state index contributed by atoms with van der Waals surface area (Å²) in [7, 11) is 4.41. The summed E-state index contributed by atoms with van der Waals surface area (Å²) in [6, 6.07) is 3.22. The third-order valence-corrected chi connectivity index (χ3v) is 3.89. The summed E-state index contributed by atoms with van der Waals surface area (Å²) in [5.41, 5.74) is 0.522. The van der Waals surface area contributed by atoms with Crippen LogP contribution in [0.2, 0.25) is 0 Å². The first-order valence-electron chi connectivity index (χ1n) is 8.39. The highest BCUT2D eigenvalue weighted by molar-refractivity contribution is 6.17. The Hall–Kier alpha value is -2.97. The van der Waals surface area contributed by atoms with Gasteiger partial charge in [-0.05, 0) is 13.8 Å². The molecule has 0 saturated heterocycles. The summed E-state index contributed by atoms with van der Waals surface area (Å²) >= 11 is 0. The molecule has 0 N–H and O–H groups in total. The fourth-order valence-electron chi connectivity index (χ4n) is 2.70. The quantitative estimate of drug-likeness (QED) is 0.625. The van der Waals surface area contributed by atoms with Gasteiger partial charge in [0.05, 0.1) is 40.1 Å². The van der Waals surface area contributed by atoms with Gasteiger partial charge in [-0.15, -0.1) is 0 Å². The Balaban J connectivity index is 2.55. The highest BCUT2D eigenvalue weighted by atomic mass is 16.7. The standard InChI is InChI=1S/C18H23NO8/c1-6-25-17(20)14-15(19-27-16(14)18(21)26-7-2)13-11(23-4)8-10(22-3)9-12(13)24-5/h8-9,14,16H,6-7H2,1-5H3/t14-,16+/m0/s1. The van der Waals surface area contributed by atoms with Gasteiger partial charge in [0.2, 0.25) is 6.10 Å². The van der Waals surface area contributed by atoms with Crippen molar-refractivity contribution in [2.24, 2.45) is 11.1 Å². The van der Waals surface area contributed by atoms with Gasteiger partial charge in [0.1, 0.15) is 23.0 Å². The van der Waals surface area contributed by atoms with E-state index < -0.39 is 24.0 Å². The van der Waals surface area contributed by atoms with Crippen molar-refractivity contribution in [2.45, 2.75) is 20.0 Å². The molecule has 0 aromatic heterocycles. The molecule has 1 aromatic carbocycles. The molecule has 2 rings (SSSR count). The van der Waals surface area contributed by atoms with Crippen LogP contribution in [0.1, 0.15) is 19.4 Å². The van der Waals surface area contributed by atoms with E-state index in [1.807, 2.05) is 0 Å². The second kappa shape index (κ2) is 9.11. The number of esters is 2. The number of nitrogens with zero attached hydrogens (tertiary/aromatic N) is 1. The minimum atomic E-state index is -1.25. The minimum Gasteiger partial charge on any atom is -0.496 e. The molecular formula is C18H23NO8. The highest BCUT2D eigenvalue weighted by Crippen LogP contribution is 2.39. The lowest BCUT2D eigenvalue weighted by molar-refractivity contribution is -0.164. The maximum Gasteiger partial charge on any atom is 0.351 e. The van der Waals surface area contributed by atoms with E-state index in [0.717, 1.165) is 0 Å². The average Bonchev–Trinajstić information content (AvgIpc) is 3.11. The van der Waals surface area contributed by atoms with E-state index in [1.165, 1.54) is 21.3 Å². The SMILES string of the molecule is CCOC(=O)[C@H]1C(c2c(OC)cc(OC)cc2OC)=NO[C@H]1C(=O)OCC. The Labute approximate surface area is 157 Å². The molecule has 1 heterocycles. The third-order valence-electron chi connectivity index (χ3n) is 3.89. The van der Waals surface area contributed by atoms with Crippen LogP contribution in [-0.2, 0) is 23.9 Å². The van der Waals surface area contributed by atoms with Crippen molar-refractivity contribution >= 4 is 17.7 Å². The lowest BCUT2D eigenvalue weighted by atomic mass is 9.91. The fraction of sp³-hybridized carbons (Fsp3) is 0.500. The van der Waals surface area contributed by atoms with Gasteiger partial charge in [0.15, 0.2) is 5.92 Å². The maximum absolute atomic E-state index is 12.6. The zero-order valence-corrected chi connectivity index (χ0v) is 15.9. The van der Waals surface area contributed by atoms with Crippen LogP contribution in [0.25, 0.3) is 0 Å². The van der Waals surface area contributed by atoms with Crippen molar-refractivity contribution in [2.75, 3.05) is 34.5 Å². The molecule has 0 spiro atoms. The third kappa shape index (κ3) is 4.07. The van der Waals surface area contributed by atoms with E-state index in [1.54, 1.807) is 26.0 Å². The maximum atomic E-state index is 12.6. The number of hydrogen-bond acceptors (Lipinski definition) is 9. The predicted molar refractivity (Wildman–Crippen MR) is 94.3 cm³/mol. The molecule has 0 radical (unpaired) electrons. The summed E-state index contributed by atoms with van der Waals surface area (Å²) < 4.78 is 26.1. The van der Waals surface area contributed by atoms with Gasteiger partial charge in [-0.1, -0.05) is 5.16 Å². The van der Waals surface area contributed by atoms with Gasteiger partial charge in [-0.25, -0.2) is 4.79 Å². The second-order valence-electron chi connectivity index (χ2n) is 5.39. The highest BCUT2D eigenvalue weighted by Gasteiger charge is 2.48. The molecule has 1 aliphatic heterocycles. The fourth-order valence-corrected chi connectivity index (χ4v) is 2.70. The Morgan fingerprint density at radius 1 is 0.963 bits per heavy atom. The van der Waals surface area contributed by atoms with Crippen LogP contribution in [0.15, 0.2) is 17.3 Å². The van der Waals surface area contributed by atoms with Crippen molar-refractivity contribution < 1.29 is 38.1 Å². The molecule has 27 heavy (non-hydrogen) atoms. The Bertz CT molecular complexity index is 705. The number of ether oxygens (including phenoxy) is 5. The Morgan fingerprint density at radius 3 is 2.00 bits per heavy atom. The van der Waals surface area contributed by atoms with Crippen molar-refractivity contribution in [1.82, 2.24) is 0 Å². The van der Waals surface area contributed by atoms with Gasteiger partial charge < -0.3 is 28.5 Å². The lowest BCUT2D eigenvalue weighted by Gasteiger charge is -2.19. The summed E-state index contributed by atoms with van der Waals surface area (Å²) in [4.78, 5) is 30.1.